The van der Waals surface area contributed by atoms with Crippen molar-refractivity contribution in [3.8, 4) is 23.0 Å². The molecule has 4 unspecified atom stereocenters. The van der Waals surface area contributed by atoms with Gasteiger partial charge in [0.15, 0.2) is 0 Å². The highest BCUT2D eigenvalue weighted by molar-refractivity contribution is 7.92. The van der Waals surface area contributed by atoms with Crippen molar-refractivity contribution in [2.24, 2.45) is 23.7 Å². The number of fused-ring (bicyclic) bond motifs is 4. The summed E-state index contributed by atoms with van der Waals surface area (Å²) in [5, 5.41) is 4.41. The van der Waals surface area contributed by atoms with E-state index in [0.29, 0.717) is 68.4 Å². The maximum absolute atomic E-state index is 13.0. The second kappa shape index (κ2) is 41.3. The predicted molar refractivity (Wildman–Crippen MR) is 541 cm³/mol. The molecule has 0 aliphatic carbocycles. The van der Waals surface area contributed by atoms with Gasteiger partial charge in [-0.3, -0.25) is 28.7 Å². The van der Waals surface area contributed by atoms with Gasteiger partial charge in [-0.2, -0.15) is 0 Å². The summed E-state index contributed by atoms with van der Waals surface area (Å²) in [7, 11) is -4.01. The Labute approximate surface area is 794 Å². The lowest BCUT2D eigenvalue weighted by Crippen LogP contribution is -2.36. The Morgan fingerprint density at radius 1 is 0.358 bits per heavy atom. The van der Waals surface area contributed by atoms with Gasteiger partial charge in [0.25, 0.3) is 0 Å². The monoisotopic (exact) mass is 1900 g/mol. The first-order chi connectivity index (χ1) is 63.1. The maximum atomic E-state index is 13.0. The fraction of sp³-hybridized carbons (Fsp3) is 0.453. The van der Waals surface area contributed by atoms with Crippen molar-refractivity contribution in [1.82, 2.24) is 38.7 Å². The van der Waals surface area contributed by atoms with E-state index in [4.69, 9.17) is 47.5 Å². The summed E-state index contributed by atoms with van der Waals surface area (Å²) >= 11 is 0. The largest absolute Gasteiger partial charge is 0.496 e. The standard InChI is InChI=1S/2C29H39N3O4S.2C24H31N3O2S/c2*1-19-12-14-31(25(16-19)21-8-10-22(11-9-21)37(7,30)34)18-24-23-13-15-32(28(33)36-29(3,4)5)27(23)20(2)17-26(24)35-6;2*1-16-10-12-27(22(13-16)18-5-7-19(8-6-18)30(4,25)28)15-21-20-9-11-26-24(20)17(2)14-23(21)29-3/h2*8-11,13,15,17,19,25,30H,12,14,16,18H2,1-7H3;2*5-9,11,14,16,22,25-26H,10,12-13,15H2,1-4H3/t19-,25?,37+;19-,25?,37-;16-,22?,30+;16-,22?,30-/m1111/s1. The number of aromatic amines is 2. The Kier molecular flexibility index (Phi) is 31.2. The summed E-state index contributed by atoms with van der Waals surface area (Å²) in [5.41, 5.74) is 16.4. The van der Waals surface area contributed by atoms with Crippen molar-refractivity contribution < 1.29 is 54.8 Å². The molecule has 12 atom stereocenters. The van der Waals surface area contributed by atoms with Gasteiger partial charge in [0.2, 0.25) is 0 Å². The molecule has 4 fully saturated rings. The zero-order valence-corrected chi connectivity index (χ0v) is 85.6. The van der Waals surface area contributed by atoms with Crippen molar-refractivity contribution >= 4 is 94.7 Å². The molecule has 24 nitrogen and oxygen atoms in total. The Morgan fingerprint density at radius 3 is 0.813 bits per heavy atom. The van der Waals surface area contributed by atoms with Crippen LogP contribution in [0.25, 0.3) is 43.6 Å². The first kappa shape index (κ1) is 101. The second-order valence-corrected chi connectivity index (χ2v) is 48.6. The number of methoxy groups -OCH3 is 4. The Bertz CT molecular complexity index is 6310. The molecule has 12 aromatic rings. The third kappa shape index (κ3) is 23.7. The summed E-state index contributed by atoms with van der Waals surface area (Å²) in [6.45, 7) is 35.5. The highest BCUT2D eigenvalue weighted by Crippen LogP contribution is 2.46. The molecule has 4 saturated heterocycles. The smallest absolute Gasteiger partial charge is 0.419 e. The maximum Gasteiger partial charge on any atom is 0.419 e. The zero-order chi connectivity index (χ0) is 97.2. The molecule has 16 rings (SSSR count). The molecule has 8 heterocycles. The number of H-pyrrole nitrogens is 2. The molecule has 134 heavy (non-hydrogen) atoms. The molecule has 4 aliphatic rings. The minimum atomic E-state index is -2.75. The summed E-state index contributed by atoms with van der Waals surface area (Å²) in [6.07, 6.45) is 21.4. The van der Waals surface area contributed by atoms with Crippen molar-refractivity contribution in [1.29, 1.82) is 19.1 Å². The van der Waals surface area contributed by atoms with Crippen LogP contribution in [0.5, 0.6) is 23.0 Å². The lowest BCUT2D eigenvalue weighted by Gasteiger charge is -2.39. The molecule has 0 bridgehead atoms. The van der Waals surface area contributed by atoms with Gasteiger partial charge in [-0.1, -0.05) is 76.2 Å². The van der Waals surface area contributed by atoms with Crippen molar-refractivity contribution in [2.75, 3.05) is 79.6 Å². The van der Waals surface area contributed by atoms with Gasteiger partial charge in [0.05, 0.1) is 78.4 Å². The molecule has 4 aliphatic heterocycles. The number of carbonyl (C=O) groups excluding carboxylic acids is 2. The number of aryl methyl sites for hydroxylation is 4. The van der Waals surface area contributed by atoms with Crippen LogP contribution in [-0.4, -0.2) is 159 Å². The molecule has 0 saturated carbocycles. The Morgan fingerprint density at radius 2 is 0.590 bits per heavy atom. The van der Waals surface area contributed by atoms with Crippen LogP contribution in [0.4, 0.5) is 9.59 Å². The van der Waals surface area contributed by atoms with E-state index in [-0.39, 0.29) is 12.1 Å². The van der Waals surface area contributed by atoms with Gasteiger partial charge in [0, 0.05) is 175 Å². The van der Waals surface area contributed by atoms with Crippen molar-refractivity contribution in [3.05, 3.63) is 237 Å². The Balaban J connectivity index is 0.000000152. The number of likely N-dealkylation sites (tertiary alicyclic amines) is 4. The minimum Gasteiger partial charge on any atom is -0.496 e. The highest BCUT2D eigenvalue weighted by Gasteiger charge is 2.36. The molecule has 6 N–H and O–H groups in total. The fourth-order valence-corrected chi connectivity index (χ4v) is 22.4. The SMILES string of the molecule is COc1cc(C)c2[nH]ccc2c1CN1CC[C@@H](C)CC1c1ccc([S@@](C)(=N)=O)cc1.COc1cc(C)c2[nH]ccc2c1CN1CC[C@@H](C)CC1c1ccc([S@](C)(=N)=O)cc1.COc1cc(C)c2c(ccn2C(=O)OC(C)(C)C)c1CN1CC[C@@H](C)CC1c1ccc([S@@](C)(=N)=O)cc1.COc1cc(C)c2c(ccn2C(=O)OC(C)(C)C)c1CN1CC[C@@H](C)CC1c1ccc([S@](C)(=N)=O)cc1. The van der Waals surface area contributed by atoms with Gasteiger partial charge >= 0.3 is 12.2 Å². The van der Waals surface area contributed by atoms with Gasteiger partial charge in [0.1, 0.15) is 34.2 Å². The van der Waals surface area contributed by atoms with Crippen LogP contribution in [0.3, 0.4) is 0 Å². The van der Waals surface area contributed by atoms with E-state index in [0.717, 1.165) is 156 Å². The van der Waals surface area contributed by atoms with Gasteiger partial charge in [-0.05, 0) is 312 Å². The lowest BCUT2D eigenvalue weighted by molar-refractivity contribution is 0.0533. The molecule has 720 valence electrons. The predicted octanol–water partition coefficient (Wildman–Crippen LogP) is 24.5. The molecular weight excluding hydrogens is 1760 g/mol. The molecule has 28 heteroatoms. The minimum absolute atomic E-state index is 0.186. The number of aromatic nitrogens is 4. The molecule has 0 spiro atoms. The number of nitrogens with zero attached hydrogens (tertiary/aromatic N) is 6. The van der Waals surface area contributed by atoms with Crippen LogP contribution in [-0.2, 0) is 74.6 Å². The normalized spacial score (nSPS) is 21.2. The van der Waals surface area contributed by atoms with Gasteiger partial charge in [-0.25, -0.2) is 45.5 Å². The molecule has 0 amide bonds. The van der Waals surface area contributed by atoms with E-state index >= 15 is 0 Å². The number of hydrogen-bond acceptors (Lipinski definition) is 20. The van der Waals surface area contributed by atoms with E-state index in [1.165, 1.54) is 93.1 Å². The summed E-state index contributed by atoms with van der Waals surface area (Å²) in [4.78, 5) is 45.0. The van der Waals surface area contributed by atoms with Crippen LogP contribution < -0.4 is 18.9 Å². The van der Waals surface area contributed by atoms with E-state index in [9.17, 15) is 26.4 Å². The molecule has 4 aromatic heterocycles. The quantitative estimate of drug-likeness (QED) is 0.0413. The number of hydrogen-bond donors (Lipinski definition) is 6. The average molecular weight is 1900 g/mol. The van der Waals surface area contributed by atoms with E-state index < -0.39 is 62.3 Å². The van der Waals surface area contributed by atoms with Crippen LogP contribution in [0.2, 0.25) is 0 Å². The number of carbonyl (C=O) groups is 2. The topological polar surface area (TPSA) is 308 Å². The number of piperidine rings is 4. The first-order valence-electron chi connectivity index (χ1n) is 46.5. The number of ether oxygens (including phenoxy) is 6. The lowest BCUT2D eigenvalue weighted by atomic mass is 9.87. The number of nitrogens with one attached hydrogen (secondary N) is 6. The molecular formula is C106H140N12O12S4. The molecule has 8 aromatic carbocycles. The van der Waals surface area contributed by atoms with Crippen molar-refractivity contribution in [3.63, 3.8) is 0 Å². The van der Waals surface area contributed by atoms with Crippen LogP contribution >= 0.6 is 0 Å². The van der Waals surface area contributed by atoms with Gasteiger partial charge in [-0.15, -0.1) is 0 Å². The summed E-state index contributed by atoms with van der Waals surface area (Å²) in [5.74, 6) is 5.97. The Hall–Kier alpha value is -10.3. The van der Waals surface area contributed by atoms with E-state index in [1.54, 1.807) is 50.0 Å². The average Bonchev–Trinajstić information content (AvgIpc) is 1.59. The summed E-state index contributed by atoms with van der Waals surface area (Å²) < 4.78 is 118. The summed E-state index contributed by atoms with van der Waals surface area (Å²) in [6, 6.07) is 48.5. The first-order valence-corrected chi connectivity index (χ1v) is 54.4. The zero-order valence-electron chi connectivity index (χ0n) is 82.3. The van der Waals surface area contributed by atoms with Crippen LogP contribution in [0.1, 0.15) is 212 Å². The number of benzene rings is 8. The van der Waals surface area contributed by atoms with Crippen molar-refractivity contribution in [2.45, 2.75) is 229 Å². The third-order valence-electron chi connectivity index (χ3n) is 26.9. The van der Waals surface area contributed by atoms with Crippen LogP contribution in [0, 0.1) is 70.5 Å². The number of rotatable bonds is 20. The fourth-order valence-electron chi connectivity index (χ4n) is 19.8. The van der Waals surface area contributed by atoms with E-state index in [2.05, 4.69) is 120 Å². The van der Waals surface area contributed by atoms with Crippen LogP contribution in [0.15, 0.2) is 190 Å². The molecule has 0 radical (unpaired) electrons. The second-order valence-electron chi connectivity index (χ2n) is 40.0. The third-order valence-corrected chi connectivity index (χ3v) is 31.6. The van der Waals surface area contributed by atoms with Gasteiger partial charge < -0.3 is 38.4 Å². The van der Waals surface area contributed by atoms with E-state index in [1.807, 2.05) is 165 Å². The highest BCUT2D eigenvalue weighted by atomic mass is 32.2.